The Morgan fingerprint density at radius 3 is 3.07 bits per heavy atom. The van der Waals surface area contributed by atoms with Crippen molar-refractivity contribution in [3.8, 4) is 11.6 Å². The minimum atomic E-state index is 0. The van der Waals surface area contributed by atoms with Gasteiger partial charge in [0.1, 0.15) is 5.69 Å². The lowest BCUT2D eigenvalue weighted by molar-refractivity contribution is 0.114. The fourth-order valence-electron chi connectivity index (χ4n) is 3.01. The number of hydrogen-bond acceptors (Lipinski definition) is 6. The van der Waals surface area contributed by atoms with Crippen molar-refractivity contribution in [3.05, 3.63) is 30.2 Å². The first-order valence-electron chi connectivity index (χ1n) is 9.07. The Labute approximate surface area is 176 Å². The summed E-state index contributed by atoms with van der Waals surface area (Å²) in [5.74, 6) is 2.59. The fraction of sp³-hybridized carbons (Fsp3) is 0.556. The van der Waals surface area contributed by atoms with Crippen LogP contribution in [0.1, 0.15) is 19.2 Å². The third-order valence-electron chi connectivity index (χ3n) is 4.34. The Morgan fingerprint density at radius 1 is 1.44 bits per heavy atom. The van der Waals surface area contributed by atoms with E-state index in [0.717, 1.165) is 38.7 Å². The first kappa shape index (κ1) is 21.5. The van der Waals surface area contributed by atoms with E-state index >= 15 is 0 Å². The highest BCUT2D eigenvalue weighted by atomic mass is 127. The molecule has 0 aliphatic carbocycles. The second-order valence-electron chi connectivity index (χ2n) is 6.21. The number of aliphatic imine (C=N–C) groups is 1. The van der Waals surface area contributed by atoms with Gasteiger partial charge in [-0.1, -0.05) is 11.2 Å². The van der Waals surface area contributed by atoms with Crippen LogP contribution >= 0.6 is 24.0 Å². The van der Waals surface area contributed by atoms with Gasteiger partial charge in [-0.2, -0.15) is 4.98 Å². The first-order chi connectivity index (χ1) is 12.8. The first-order valence-corrected chi connectivity index (χ1v) is 9.07. The largest absolute Gasteiger partial charge is 0.381 e. The van der Waals surface area contributed by atoms with Crippen molar-refractivity contribution in [3.63, 3.8) is 0 Å². The number of hydrogen-bond donors (Lipinski definition) is 1. The van der Waals surface area contributed by atoms with Gasteiger partial charge in [0.05, 0.1) is 6.61 Å². The van der Waals surface area contributed by atoms with Crippen molar-refractivity contribution in [2.45, 2.75) is 19.8 Å². The van der Waals surface area contributed by atoms with Crippen LogP contribution in [0, 0.1) is 5.92 Å². The molecule has 1 atom stereocenters. The summed E-state index contributed by atoms with van der Waals surface area (Å²) in [6.07, 6.45) is 3.50. The summed E-state index contributed by atoms with van der Waals surface area (Å²) in [5.41, 5.74) is 0.687. The fourth-order valence-corrected chi connectivity index (χ4v) is 3.01. The van der Waals surface area contributed by atoms with Crippen molar-refractivity contribution < 1.29 is 9.26 Å². The Hall–Kier alpha value is -1.75. The van der Waals surface area contributed by atoms with Crippen molar-refractivity contribution in [1.82, 2.24) is 25.3 Å². The van der Waals surface area contributed by atoms with E-state index in [-0.39, 0.29) is 24.0 Å². The van der Waals surface area contributed by atoms with Crippen molar-refractivity contribution in [2.24, 2.45) is 10.9 Å². The molecular weight excluding hydrogens is 459 g/mol. The van der Waals surface area contributed by atoms with Crippen molar-refractivity contribution >= 4 is 29.9 Å². The average molecular weight is 486 g/mol. The summed E-state index contributed by atoms with van der Waals surface area (Å²) in [6, 6.07) is 5.60. The zero-order valence-electron chi connectivity index (χ0n) is 15.8. The normalized spacial score (nSPS) is 17.0. The zero-order chi connectivity index (χ0) is 18.2. The molecule has 1 saturated heterocycles. The molecule has 0 bridgehead atoms. The smallest absolute Gasteiger partial charge is 0.276 e. The lowest BCUT2D eigenvalue weighted by atomic mass is 10.1. The van der Waals surface area contributed by atoms with Gasteiger partial charge < -0.3 is 19.5 Å². The lowest BCUT2D eigenvalue weighted by Crippen LogP contribution is -2.41. The Kier molecular flexibility index (Phi) is 8.92. The molecule has 1 fully saturated rings. The molecule has 1 N–H and O–H groups in total. The maximum Gasteiger partial charge on any atom is 0.276 e. The molecule has 0 radical (unpaired) electrons. The Bertz CT molecular complexity index is 709. The van der Waals surface area contributed by atoms with Crippen LogP contribution in [0.25, 0.3) is 11.6 Å². The minimum absolute atomic E-state index is 0. The van der Waals surface area contributed by atoms with Crippen molar-refractivity contribution in [1.29, 1.82) is 0 Å². The van der Waals surface area contributed by atoms with Crippen LogP contribution in [0.4, 0.5) is 0 Å². The summed E-state index contributed by atoms with van der Waals surface area (Å²) in [4.78, 5) is 15.3. The van der Waals surface area contributed by atoms with Gasteiger partial charge in [0.15, 0.2) is 11.8 Å². The number of rotatable bonds is 7. The zero-order valence-corrected chi connectivity index (χ0v) is 18.1. The lowest BCUT2D eigenvalue weighted by Gasteiger charge is -2.21. The highest BCUT2D eigenvalue weighted by Crippen LogP contribution is 2.16. The molecule has 3 heterocycles. The molecule has 0 spiro atoms. The molecule has 0 aromatic carbocycles. The highest BCUT2D eigenvalue weighted by molar-refractivity contribution is 14.0. The summed E-state index contributed by atoms with van der Waals surface area (Å²) in [6.45, 7) is 6.30. The quantitative estimate of drug-likeness (QED) is 0.365. The number of pyridine rings is 1. The molecule has 8 nitrogen and oxygen atoms in total. The molecule has 0 amide bonds. The Morgan fingerprint density at radius 2 is 2.33 bits per heavy atom. The molecule has 3 rings (SSSR count). The van der Waals surface area contributed by atoms with Gasteiger partial charge >= 0.3 is 0 Å². The third-order valence-corrected chi connectivity index (χ3v) is 4.34. The molecule has 1 aliphatic rings. The number of nitrogens with one attached hydrogen (secondary N) is 1. The SMILES string of the molecule is CCOCC1CCN(C(=NC)NCCc2noc(-c3ccccn3)n2)C1.I. The molecule has 0 saturated carbocycles. The van der Waals surface area contributed by atoms with Crippen LogP contribution in [-0.2, 0) is 11.2 Å². The van der Waals surface area contributed by atoms with Gasteiger partial charge in [0.2, 0.25) is 0 Å². The monoisotopic (exact) mass is 486 g/mol. The highest BCUT2D eigenvalue weighted by Gasteiger charge is 2.24. The second kappa shape index (κ2) is 11.2. The number of halogens is 1. The van der Waals surface area contributed by atoms with Crippen LogP contribution in [0.15, 0.2) is 33.9 Å². The molecule has 1 aliphatic heterocycles. The second-order valence-corrected chi connectivity index (χ2v) is 6.21. The van der Waals surface area contributed by atoms with Crippen LogP contribution in [0.5, 0.6) is 0 Å². The van der Waals surface area contributed by atoms with Gasteiger partial charge in [-0.05, 0) is 25.5 Å². The van der Waals surface area contributed by atoms with Gasteiger partial charge in [0, 0.05) is 51.8 Å². The van der Waals surface area contributed by atoms with Gasteiger partial charge in [-0.15, -0.1) is 24.0 Å². The van der Waals surface area contributed by atoms with Crippen LogP contribution in [0.2, 0.25) is 0 Å². The van der Waals surface area contributed by atoms with Gasteiger partial charge in [-0.25, -0.2) is 0 Å². The van der Waals surface area contributed by atoms with E-state index in [4.69, 9.17) is 9.26 Å². The number of likely N-dealkylation sites (tertiary alicyclic amines) is 1. The van der Waals surface area contributed by atoms with E-state index in [2.05, 4.69) is 30.3 Å². The van der Waals surface area contributed by atoms with Crippen LogP contribution in [0.3, 0.4) is 0 Å². The number of guanidine groups is 1. The van der Waals surface area contributed by atoms with E-state index in [0.29, 0.717) is 36.3 Å². The summed E-state index contributed by atoms with van der Waals surface area (Å²) < 4.78 is 10.8. The molecule has 1 unspecified atom stereocenters. The molecule has 148 valence electrons. The average Bonchev–Trinajstić information content (AvgIpc) is 3.34. The van der Waals surface area contributed by atoms with Crippen LogP contribution in [-0.4, -0.2) is 65.9 Å². The van der Waals surface area contributed by atoms with Crippen molar-refractivity contribution in [2.75, 3.05) is 39.9 Å². The molecule has 27 heavy (non-hydrogen) atoms. The molecular formula is C18H27IN6O2. The van der Waals surface area contributed by atoms with E-state index in [1.54, 1.807) is 6.20 Å². The maximum atomic E-state index is 5.54. The number of ether oxygens (including phenoxy) is 1. The third kappa shape index (κ3) is 6.13. The molecule has 2 aromatic heterocycles. The standard InChI is InChI=1S/C18H26N6O2.HI/c1-3-25-13-14-8-11-24(12-14)18(19-2)21-10-7-16-22-17(26-23-16)15-6-4-5-9-20-15;/h4-6,9,14H,3,7-8,10-13H2,1-2H3,(H,19,21);1H. The predicted octanol–water partition coefficient (Wildman–Crippen LogP) is 2.23. The predicted molar refractivity (Wildman–Crippen MR) is 114 cm³/mol. The van der Waals surface area contributed by atoms with Gasteiger partial charge in [0.25, 0.3) is 5.89 Å². The number of nitrogens with zero attached hydrogens (tertiary/aromatic N) is 5. The minimum Gasteiger partial charge on any atom is -0.381 e. The van der Waals surface area contributed by atoms with E-state index in [1.165, 1.54) is 0 Å². The van der Waals surface area contributed by atoms with E-state index in [9.17, 15) is 0 Å². The summed E-state index contributed by atoms with van der Waals surface area (Å²) in [5, 5.41) is 7.41. The summed E-state index contributed by atoms with van der Waals surface area (Å²) in [7, 11) is 1.81. The van der Waals surface area contributed by atoms with E-state index in [1.807, 2.05) is 32.2 Å². The van der Waals surface area contributed by atoms with Gasteiger partial charge in [-0.3, -0.25) is 9.98 Å². The molecule has 2 aromatic rings. The maximum absolute atomic E-state index is 5.54. The van der Waals surface area contributed by atoms with Crippen LogP contribution < -0.4 is 5.32 Å². The number of aromatic nitrogens is 3. The topological polar surface area (TPSA) is 88.7 Å². The molecule has 9 heteroatoms. The Balaban J connectivity index is 0.00000261. The van der Waals surface area contributed by atoms with E-state index < -0.39 is 0 Å². The summed E-state index contributed by atoms with van der Waals surface area (Å²) >= 11 is 0.